The number of hydrogen-bond acceptors (Lipinski definition) is 6. The van der Waals surface area contributed by atoms with Crippen molar-refractivity contribution >= 4 is 17.2 Å². The van der Waals surface area contributed by atoms with Crippen molar-refractivity contribution < 1.29 is 18.8 Å². The molecule has 1 atom stereocenters. The summed E-state index contributed by atoms with van der Waals surface area (Å²) in [5.41, 5.74) is 2.28. The molecule has 2 aromatic heterocycles. The normalized spacial score (nSPS) is 11.8. The van der Waals surface area contributed by atoms with Crippen molar-refractivity contribution in [2.24, 2.45) is 0 Å². The highest BCUT2D eigenvalue weighted by Crippen LogP contribution is 2.20. The van der Waals surface area contributed by atoms with Gasteiger partial charge in [0.15, 0.2) is 11.8 Å². The number of nitrogens with zero attached hydrogens (tertiary/aromatic N) is 2. The average Bonchev–Trinajstić information content (AvgIpc) is 3.15. The van der Waals surface area contributed by atoms with Gasteiger partial charge in [-0.3, -0.25) is 9.59 Å². The van der Waals surface area contributed by atoms with E-state index >= 15 is 0 Å². The van der Waals surface area contributed by atoms with Crippen LogP contribution in [0, 0.1) is 13.8 Å². The molecule has 164 valence electrons. The highest BCUT2D eigenvalue weighted by atomic mass is 16.5. The maximum Gasteiger partial charge on any atom is 0.287 e. The third kappa shape index (κ3) is 4.97. The van der Waals surface area contributed by atoms with E-state index in [2.05, 4.69) is 10.3 Å². The summed E-state index contributed by atoms with van der Waals surface area (Å²) >= 11 is 0. The average molecular weight is 433 g/mol. The lowest BCUT2D eigenvalue weighted by Crippen LogP contribution is -2.30. The largest absolute Gasteiger partial charge is 0.487 e. The Balaban J connectivity index is 1.38. The van der Waals surface area contributed by atoms with Gasteiger partial charge >= 0.3 is 0 Å². The van der Waals surface area contributed by atoms with Crippen molar-refractivity contribution in [3.8, 4) is 11.5 Å². The molecule has 8 heteroatoms. The molecule has 1 N–H and O–H groups in total. The Labute approximate surface area is 184 Å². The molecule has 2 heterocycles. The molecule has 0 aliphatic rings. The lowest BCUT2D eigenvalue weighted by atomic mass is 10.2. The van der Waals surface area contributed by atoms with Gasteiger partial charge in [0.05, 0.1) is 5.69 Å². The minimum absolute atomic E-state index is 0.0975. The van der Waals surface area contributed by atoms with Gasteiger partial charge < -0.3 is 19.3 Å². The summed E-state index contributed by atoms with van der Waals surface area (Å²) in [6.45, 7) is 5.52. The van der Waals surface area contributed by atoms with Crippen LogP contribution in [-0.4, -0.2) is 21.6 Å². The fraction of sp³-hybridized carbons (Fsp3) is 0.208. The number of ether oxygens (including phenoxy) is 2. The van der Waals surface area contributed by atoms with Gasteiger partial charge in [0.1, 0.15) is 23.9 Å². The Bertz CT molecular complexity index is 1310. The topological polar surface area (TPSA) is 95.1 Å². The van der Waals surface area contributed by atoms with Crippen LogP contribution >= 0.6 is 0 Å². The van der Waals surface area contributed by atoms with Crippen LogP contribution in [0.15, 0.2) is 70.0 Å². The highest BCUT2D eigenvalue weighted by molar-refractivity contribution is 5.94. The van der Waals surface area contributed by atoms with Crippen molar-refractivity contribution in [3.63, 3.8) is 0 Å². The molecule has 0 bridgehead atoms. The lowest BCUT2D eigenvalue weighted by Gasteiger charge is -2.15. The lowest BCUT2D eigenvalue weighted by molar-refractivity contribution is -0.122. The molecule has 0 spiro atoms. The number of amides is 1. The van der Waals surface area contributed by atoms with Crippen LogP contribution in [0.3, 0.4) is 0 Å². The van der Waals surface area contributed by atoms with E-state index in [0.29, 0.717) is 34.3 Å². The first-order valence-electron chi connectivity index (χ1n) is 10.1. The number of carbonyl (C=O) groups is 1. The molecule has 4 rings (SSSR count). The number of anilines is 1. The number of fused-ring (bicyclic) bond motifs is 1. The number of carbonyl (C=O) groups excluding carboxylic acids is 1. The van der Waals surface area contributed by atoms with Crippen molar-refractivity contribution in [1.82, 2.24) is 9.56 Å². The van der Waals surface area contributed by atoms with Gasteiger partial charge in [-0.15, -0.1) is 4.57 Å². The zero-order valence-electron chi connectivity index (χ0n) is 18.0. The fourth-order valence-electron chi connectivity index (χ4n) is 3.09. The second-order valence-corrected chi connectivity index (χ2v) is 7.46. The first kappa shape index (κ1) is 21.2. The molecule has 32 heavy (non-hydrogen) atoms. The summed E-state index contributed by atoms with van der Waals surface area (Å²) in [5, 5.41) is 2.82. The third-order valence-electron chi connectivity index (χ3n) is 4.72. The Morgan fingerprint density at radius 1 is 1.09 bits per heavy atom. The first-order valence-corrected chi connectivity index (χ1v) is 10.1. The molecule has 0 fully saturated rings. The fourth-order valence-corrected chi connectivity index (χ4v) is 3.09. The molecule has 0 aliphatic carbocycles. The number of aromatic nitrogens is 2. The molecule has 0 saturated carbocycles. The molecule has 0 aliphatic heterocycles. The Kier molecular flexibility index (Phi) is 5.93. The van der Waals surface area contributed by atoms with Crippen LogP contribution in [0.5, 0.6) is 11.5 Å². The monoisotopic (exact) mass is 433 g/mol. The predicted molar refractivity (Wildman–Crippen MR) is 119 cm³/mol. The minimum atomic E-state index is -0.676. The molecule has 0 saturated heterocycles. The first-order chi connectivity index (χ1) is 15.4. The maximum atomic E-state index is 12.5. The molecular weight excluding hydrogens is 410 g/mol. The number of nitrogens with one attached hydrogen (secondary N) is 1. The van der Waals surface area contributed by atoms with E-state index in [1.54, 1.807) is 44.2 Å². The van der Waals surface area contributed by atoms with Crippen molar-refractivity contribution in [2.45, 2.75) is 33.5 Å². The van der Waals surface area contributed by atoms with Gasteiger partial charge in [0.25, 0.3) is 11.5 Å². The van der Waals surface area contributed by atoms with Crippen LogP contribution in [0.4, 0.5) is 5.69 Å². The zero-order chi connectivity index (χ0) is 22.7. The van der Waals surface area contributed by atoms with Gasteiger partial charge in [-0.25, -0.2) is 4.98 Å². The summed E-state index contributed by atoms with van der Waals surface area (Å²) < 4.78 is 17.9. The van der Waals surface area contributed by atoms with E-state index in [-0.39, 0.29) is 18.1 Å². The molecule has 1 amide bonds. The van der Waals surface area contributed by atoms with Crippen LogP contribution in [0.25, 0.3) is 5.65 Å². The molecular formula is C24H23N3O5. The summed E-state index contributed by atoms with van der Waals surface area (Å²) in [7, 11) is 0. The van der Waals surface area contributed by atoms with E-state index in [1.165, 1.54) is 6.07 Å². The van der Waals surface area contributed by atoms with E-state index < -0.39 is 6.10 Å². The van der Waals surface area contributed by atoms with Gasteiger partial charge in [-0.05, 0) is 45.0 Å². The van der Waals surface area contributed by atoms with Crippen molar-refractivity contribution in [3.05, 3.63) is 88.0 Å². The Morgan fingerprint density at radius 2 is 1.88 bits per heavy atom. The van der Waals surface area contributed by atoms with E-state index in [0.717, 1.165) is 10.1 Å². The van der Waals surface area contributed by atoms with Gasteiger partial charge in [0.2, 0.25) is 0 Å². The quantitative estimate of drug-likeness (QED) is 0.475. The van der Waals surface area contributed by atoms with E-state index in [4.69, 9.17) is 14.0 Å². The third-order valence-corrected chi connectivity index (χ3v) is 4.72. The molecule has 2 aromatic carbocycles. The van der Waals surface area contributed by atoms with Gasteiger partial charge in [-0.1, -0.05) is 23.8 Å². The summed E-state index contributed by atoms with van der Waals surface area (Å²) in [5.74, 6) is 1.47. The SMILES string of the molecule is Cc1ccc(O[C@H](C)C(=O)Nc2cccc(OCc3cc(=O)n4oc(C)cc4n3)c2)cc1. The predicted octanol–water partition coefficient (Wildman–Crippen LogP) is 3.89. The van der Waals surface area contributed by atoms with Crippen LogP contribution < -0.4 is 20.3 Å². The molecule has 0 unspecified atom stereocenters. The maximum absolute atomic E-state index is 12.5. The number of benzene rings is 2. The van der Waals surface area contributed by atoms with Crippen LogP contribution in [-0.2, 0) is 11.4 Å². The van der Waals surface area contributed by atoms with Crippen molar-refractivity contribution in [1.29, 1.82) is 0 Å². The number of aryl methyl sites for hydroxylation is 2. The van der Waals surface area contributed by atoms with E-state index in [9.17, 15) is 9.59 Å². The number of rotatable bonds is 7. The zero-order valence-corrected chi connectivity index (χ0v) is 18.0. The van der Waals surface area contributed by atoms with Gasteiger partial charge in [-0.2, -0.15) is 0 Å². The molecule has 0 radical (unpaired) electrons. The Hall–Kier alpha value is -4.07. The number of hydrogen-bond donors (Lipinski definition) is 1. The standard InChI is InChI=1S/C24H23N3O5/c1-15-7-9-20(10-8-15)31-17(3)24(29)26-18-5-4-6-21(12-18)30-14-19-13-23(28)27-22(25-19)11-16(2)32-27/h4-13,17H,14H2,1-3H3,(H,26,29)/t17-/m1/s1. The Morgan fingerprint density at radius 3 is 2.66 bits per heavy atom. The summed E-state index contributed by atoms with van der Waals surface area (Å²) in [6, 6.07) is 17.5. The highest BCUT2D eigenvalue weighted by Gasteiger charge is 2.15. The second-order valence-electron chi connectivity index (χ2n) is 7.46. The smallest absolute Gasteiger partial charge is 0.287 e. The van der Waals surface area contributed by atoms with Crippen molar-refractivity contribution in [2.75, 3.05) is 5.32 Å². The molecule has 8 nitrogen and oxygen atoms in total. The molecule has 4 aromatic rings. The minimum Gasteiger partial charge on any atom is -0.487 e. The van der Waals surface area contributed by atoms with Gasteiger partial charge in [0, 0.05) is 23.9 Å². The second kappa shape index (κ2) is 8.97. The summed E-state index contributed by atoms with van der Waals surface area (Å²) in [6.07, 6.45) is -0.676. The summed E-state index contributed by atoms with van der Waals surface area (Å²) in [4.78, 5) is 29.0. The van der Waals surface area contributed by atoms with Crippen LogP contribution in [0.2, 0.25) is 0 Å². The van der Waals surface area contributed by atoms with E-state index in [1.807, 2.05) is 31.2 Å². The van der Waals surface area contributed by atoms with Crippen LogP contribution in [0.1, 0.15) is 23.9 Å².